The van der Waals surface area contributed by atoms with Crippen molar-refractivity contribution in [1.82, 2.24) is 9.97 Å². The van der Waals surface area contributed by atoms with Crippen molar-refractivity contribution in [2.75, 3.05) is 0 Å². The van der Waals surface area contributed by atoms with E-state index in [2.05, 4.69) is 42.9 Å². The molecule has 2 nitrogen and oxygen atoms in total. The van der Waals surface area contributed by atoms with Gasteiger partial charge >= 0.3 is 0 Å². The lowest BCUT2D eigenvalue weighted by Gasteiger charge is -2.08. The van der Waals surface area contributed by atoms with E-state index in [0.717, 1.165) is 11.3 Å². The average Bonchev–Trinajstić information content (AvgIpc) is 2.26. The van der Waals surface area contributed by atoms with Gasteiger partial charge in [0.15, 0.2) is 0 Å². The molecule has 0 aliphatic rings. The molecule has 0 unspecified atom stereocenters. The lowest BCUT2D eigenvalue weighted by molar-refractivity contribution is 1.19. The lowest BCUT2D eigenvalue weighted by atomic mass is 9.99. The van der Waals surface area contributed by atoms with Crippen LogP contribution >= 0.6 is 0 Å². The van der Waals surface area contributed by atoms with E-state index in [-0.39, 0.29) is 0 Å². The van der Waals surface area contributed by atoms with Gasteiger partial charge in [-0.25, -0.2) is 0 Å². The summed E-state index contributed by atoms with van der Waals surface area (Å²) >= 11 is 0. The predicted molar refractivity (Wildman–Crippen MR) is 61.7 cm³/mol. The predicted octanol–water partition coefficient (Wildman–Crippen LogP) is 3.07. The highest BCUT2D eigenvalue weighted by atomic mass is 14.8. The van der Waals surface area contributed by atoms with Gasteiger partial charge in [-0.3, -0.25) is 9.97 Å². The minimum atomic E-state index is 0.934. The minimum Gasteiger partial charge on any atom is -0.261 e. The molecule has 0 saturated heterocycles. The zero-order valence-corrected chi connectivity index (χ0v) is 9.28. The summed E-state index contributed by atoms with van der Waals surface area (Å²) in [6, 6.07) is 4.32. The first-order valence-electron chi connectivity index (χ1n) is 5.02. The van der Waals surface area contributed by atoms with Gasteiger partial charge in [0.05, 0.1) is 11.9 Å². The normalized spacial score (nSPS) is 10.3. The third kappa shape index (κ3) is 1.89. The molecule has 0 spiro atoms. The largest absolute Gasteiger partial charge is 0.261 e. The third-order valence-corrected chi connectivity index (χ3v) is 2.79. The van der Waals surface area contributed by atoms with E-state index >= 15 is 0 Å². The smallest absolute Gasteiger partial charge is 0.0885 e. The van der Waals surface area contributed by atoms with Crippen molar-refractivity contribution in [3.8, 4) is 11.3 Å². The zero-order valence-electron chi connectivity index (χ0n) is 9.28. The molecule has 0 N–H and O–H groups in total. The Bertz CT molecular complexity index is 452. The molecular formula is C13H14N2. The van der Waals surface area contributed by atoms with Crippen molar-refractivity contribution in [3.63, 3.8) is 0 Å². The standard InChI is InChI=1S/C13H14N2/c1-9-6-12(7-10(2)11(9)3)13-8-14-4-5-15-13/h4-8H,1-3H3. The molecule has 2 heteroatoms. The van der Waals surface area contributed by atoms with Crippen molar-refractivity contribution in [1.29, 1.82) is 0 Å². The van der Waals surface area contributed by atoms with Crippen LogP contribution in [0, 0.1) is 20.8 Å². The van der Waals surface area contributed by atoms with Crippen LogP contribution < -0.4 is 0 Å². The monoisotopic (exact) mass is 198 g/mol. The van der Waals surface area contributed by atoms with Gasteiger partial charge in [0.25, 0.3) is 0 Å². The van der Waals surface area contributed by atoms with Gasteiger partial charge in [-0.1, -0.05) is 0 Å². The van der Waals surface area contributed by atoms with Crippen LogP contribution in [-0.2, 0) is 0 Å². The summed E-state index contributed by atoms with van der Waals surface area (Å²) in [7, 11) is 0. The molecule has 2 rings (SSSR count). The first-order chi connectivity index (χ1) is 7.18. The van der Waals surface area contributed by atoms with Gasteiger partial charge in [-0.2, -0.15) is 0 Å². The van der Waals surface area contributed by atoms with E-state index in [9.17, 15) is 0 Å². The van der Waals surface area contributed by atoms with Crippen LogP contribution in [0.3, 0.4) is 0 Å². The van der Waals surface area contributed by atoms with E-state index in [0.29, 0.717) is 0 Å². The average molecular weight is 198 g/mol. The number of benzene rings is 1. The molecule has 0 aliphatic carbocycles. The highest BCUT2D eigenvalue weighted by molar-refractivity contribution is 5.61. The quantitative estimate of drug-likeness (QED) is 0.703. The van der Waals surface area contributed by atoms with Crippen LogP contribution in [0.2, 0.25) is 0 Å². The molecule has 1 aromatic carbocycles. The van der Waals surface area contributed by atoms with E-state index in [1.54, 1.807) is 18.6 Å². The van der Waals surface area contributed by atoms with Gasteiger partial charge < -0.3 is 0 Å². The molecule has 0 saturated carbocycles. The number of hydrogen-bond acceptors (Lipinski definition) is 2. The number of aromatic nitrogens is 2. The Morgan fingerprint density at radius 2 is 1.60 bits per heavy atom. The van der Waals surface area contributed by atoms with E-state index in [1.165, 1.54) is 16.7 Å². The summed E-state index contributed by atoms with van der Waals surface area (Å²) in [6.07, 6.45) is 5.21. The topological polar surface area (TPSA) is 25.8 Å². The Hall–Kier alpha value is -1.70. The lowest BCUT2D eigenvalue weighted by Crippen LogP contribution is -1.90. The molecule has 0 atom stereocenters. The highest BCUT2D eigenvalue weighted by Crippen LogP contribution is 2.22. The summed E-state index contributed by atoms with van der Waals surface area (Å²) < 4.78 is 0. The van der Waals surface area contributed by atoms with Crippen molar-refractivity contribution in [2.24, 2.45) is 0 Å². The van der Waals surface area contributed by atoms with E-state index in [4.69, 9.17) is 0 Å². The fourth-order valence-electron chi connectivity index (χ4n) is 1.63. The summed E-state index contributed by atoms with van der Waals surface area (Å²) in [5, 5.41) is 0. The van der Waals surface area contributed by atoms with Crippen LogP contribution in [0.5, 0.6) is 0 Å². The van der Waals surface area contributed by atoms with E-state index in [1.807, 2.05) is 0 Å². The van der Waals surface area contributed by atoms with Gasteiger partial charge in [-0.15, -0.1) is 0 Å². The molecule has 0 bridgehead atoms. The number of hydrogen-bond donors (Lipinski definition) is 0. The third-order valence-electron chi connectivity index (χ3n) is 2.79. The second-order valence-electron chi connectivity index (χ2n) is 3.83. The van der Waals surface area contributed by atoms with Gasteiger partial charge in [-0.05, 0) is 49.6 Å². The molecule has 1 aromatic heterocycles. The Kier molecular flexibility index (Phi) is 2.50. The van der Waals surface area contributed by atoms with Crippen LogP contribution in [0.25, 0.3) is 11.3 Å². The summed E-state index contributed by atoms with van der Waals surface area (Å²) in [5.41, 5.74) is 6.03. The van der Waals surface area contributed by atoms with Crippen LogP contribution in [-0.4, -0.2) is 9.97 Å². The van der Waals surface area contributed by atoms with E-state index < -0.39 is 0 Å². The zero-order chi connectivity index (χ0) is 10.8. The van der Waals surface area contributed by atoms with Crippen LogP contribution in [0.1, 0.15) is 16.7 Å². The second kappa shape index (κ2) is 3.81. The number of rotatable bonds is 1. The van der Waals surface area contributed by atoms with Crippen molar-refractivity contribution < 1.29 is 0 Å². The van der Waals surface area contributed by atoms with Crippen molar-refractivity contribution in [3.05, 3.63) is 47.4 Å². The summed E-state index contributed by atoms with van der Waals surface area (Å²) in [4.78, 5) is 8.38. The molecule has 76 valence electrons. The Morgan fingerprint density at radius 1 is 0.933 bits per heavy atom. The maximum absolute atomic E-state index is 4.30. The second-order valence-corrected chi connectivity index (χ2v) is 3.83. The first-order valence-corrected chi connectivity index (χ1v) is 5.02. The fourth-order valence-corrected chi connectivity index (χ4v) is 1.63. The fraction of sp³-hybridized carbons (Fsp3) is 0.231. The number of nitrogens with zero attached hydrogens (tertiary/aromatic N) is 2. The van der Waals surface area contributed by atoms with Crippen LogP contribution in [0.15, 0.2) is 30.7 Å². The molecule has 0 fully saturated rings. The molecular weight excluding hydrogens is 184 g/mol. The van der Waals surface area contributed by atoms with Gasteiger partial charge in [0.2, 0.25) is 0 Å². The molecule has 0 aliphatic heterocycles. The Balaban J connectivity index is 2.56. The Labute approximate surface area is 90.0 Å². The van der Waals surface area contributed by atoms with Crippen LogP contribution in [0.4, 0.5) is 0 Å². The first kappa shape index (κ1) is 9.84. The highest BCUT2D eigenvalue weighted by Gasteiger charge is 2.03. The van der Waals surface area contributed by atoms with Gasteiger partial charge in [0, 0.05) is 18.0 Å². The minimum absolute atomic E-state index is 0.934. The van der Waals surface area contributed by atoms with Gasteiger partial charge in [0.1, 0.15) is 0 Å². The molecule has 0 radical (unpaired) electrons. The molecule has 2 aromatic rings. The maximum atomic E-state index is 4.30. The molecule has 1 heterocycles. The van der Waals surface area contributed by atoms with Crippen molar-refractivity contribution in [2.45, 2.75) is 20.8 Å². The molecule has 0 amide bonds. The Morgan fingerprint density at radius 3 is 2.13 bits per heavy atom. The SMILES string of the molecule is Cc1cc(-c2cnccn2)cc(C)c1C. The summed E-state index contributed by atoms with van der Waals surface area (Å²) in [6.45, 7) is 6.40. The number of aryl methyl sites for hydroxylation is 2. The molecule has 15 heavy (non-hydrogen) atoms. The maximum Gasteiger partial charge on any atom is 0.0885 e. The van der Waals surface area contributed by atoms with Crippen molar-refractivity contribution >= 4 is 0 Å². The summed E-state index contributed by atoms with van der Waals surface area (Å²) in [5.74, 6) is 0.